The molecule has 1 aromatic heterocycles. The standard InChI is InChI=1S/C14H20N4O2/c1-20-9-2-3-12-10(6-9)13(17-16-12)7-18-5-4-11(15)14(19)8-18/h2-3,6,11,14,19H,4-5,7-8,15H2,1H3,(H,16,17)/t11-,14-/m1/s1. The zero-order valence-electron chi connectivity index (χ0n) is 11.5. The number of ether oxygens (including phenoxy) is 1. The maximum Gasteiger partial charge on any atom is 0.119 e. The molecule has 6 heteroatoms. The zero-order chi connectivity index (χ0) is 14.1. The summed E-state index contributed by atoms with van der Waals surface area (Å²) in [4.78, 5) is 2.19. The maximum atomic E-state index is 9.86. The number of aromatic amines is 1. The van der Waals surface area contributed by atoms with Crippen molar-refractivity contribution in [3.05, 3.63) is 23.9 Å². The highest BCUT2D eigenvalue weighted by molar-refractivity contribution is 5.82. The molecule has 0 bridgehead atoms. The molecule has 20 heavy (non-hydrogen) atoms. The Kier molecular flexibility index (Phi) is 3.60. The van der Waals surface area contributed by atoms with Crippen molar-refractivity contribution < 1.29 is 9.84 Å². The van der Waals surface area contributed by atoms with Gasteiger partial charge in [0.25, 0.3) is 0 Å². The van der Waals surface area contributed by atoms with E-state index in [2.05, 4.69) is 15.1 Å². The van der Waals surface area contributed by atoms with Gasteiger partial charge in [-0.3, -0.25) is 10.00 Å². The Morgan fingerprint density at radius 1 is 1.55 bits per heavy atom. The van der Waals surface area contributed by atoms with Crippen molar-refractivity contribution in [1.82, 2.24) is 15.1 Å². The Morgan fingerprint density at radius 2 is 2.40 bits per heavy atom. The number of nitrogens with two attached hydrogens (primary N) is 1. The molecule has 4 N–H and O–H groups in total. The predicted molar refractivity (Wildman–Crippen MR) is 76.5 cm³/mol. The van der Waals surface area contributed by atoms with Gasteiger partial charge in [-0.15, -0.1) is 0 Å². The van der Waals surface area contributed by atoms with Gasteiger partial charge in [-0.1, -0.05) is 0 Å². The lowest BCUT2D eigenvalue weighted by Crippen LogP contribution is -2.50. The first kappa shape index (κ1) is 13.4. The number of hydrogen-bond donors (Lipinski definition) is 3. The third-order valence-electron chi connectivity index (χ3n) is 3.94. The number of aliphatic hydroxyl groups is 1. The van der Waals surface area contributed by atoms with Crippen molar-refractivity contribution in [1.29, 1.82) is 0 Å². The number of nitrogens with zero attached hydrogens (tertiary/aromatic N) is 2. The summed E-state index contributed by atoms with van der Waals surface area (Å²) in [5, 5.41) is 18.3. The van der Waals surface area contributed by atoms with E-state index in [9.17, 15) is 5.11 Å². The van der Waals surface area contributed by atoms with Gasteiger partial charge in [-0.2, -0.15) is 5.10 Å². The smallest absolute Gasteiger partial charge is 0.119 e. The Morgan fingerprint density at radius 3 is 3.15 bits per heavy atom. The molecule has 1 saturated heterocycles. The fourth-order valence-corrected chi connectivity index (χ4v) is 2.67. The molecule has 108 valence electrons. The largest absolute Gasteiger partial charge is 0.497 e. The van der Waals surface area contributed by atoms with Crippen LogP contribution in [0.1, 0.15) is 12.1 Å². The third-order valence-corrected chi connectivity index (χ3v) is 3.94. The Balaban J connectivity index is 1.80. The Hall–Kier alpha value is -1.63. The molecule has 6 nitrogen and oxygen atoms in total. The van der Waals surface area contributed by atoms with Gasteiger partial charge in [0.2, 0.25) is 0 Å². The van der Waals surface area contributed by atoms with E-state index in [1.54, 1.807) is 7.11 Å². The van der Waals surface area contributed by atoms with Gasteiger partial charge in [0.1, 0.15) is 5.75 Å². The van der Waals surface area contributed by atoms with Gasteiger partial charge in [-0.25, -0.2) is 0 Å². The van der Waals surface area contributed by atoms with Gasteiger partial charge in [0, 0.05) is 31.1 Å². The second-order valence-electron chi connectivity index (χ2n) is 5.34. The monoisotopic (exact) mass is 276 g/mol. The number of nitrogens with one attached hydrogen (secondary N) is 1. The van der Waals surface area contributed by atoms with Crippen LogP contribution in [-0.2, 0) is 6.54 Å². The van der Waals surface area contributed by atoms with Crippen LogP contribution in [0.25, 0.3) is 10.9 Å². The molecule has 2 heterocycles. The topological polar surface area (TPSA) is 87.4 Å². The molecule has 2 atom stereocenters. The van der Waals surface area contributed by atoms with Crippen LogP contribution in [0, 0.1) is 0 Å². The summed E-state index contributed by atoms with van der Waals surface area (Å²) in [6.45, 7) is 2.22. The van der Waals surface area contributed by atoms with Crippen LogP contribution < -0.4 is 10.5 Å². The van der Waals surface area contributed by atoms with Crippen molar-refractivity contribution in [3.63, 3.8) is 0 Å². The summed E-state index contributed by atoms with van der Waals surface area (Å²) in [5.74, 6) is 0.820. The van der Waals surface area contributed by atoms with Crippen molar-refractivity contribution in [2.24, 2.45) is 5.73 Å². The molecular weight excluding hydrogens is 256 g/mol. The van der Waals surface area contributed by atoms with E-state index in [0.717, 1.165) is 41.9 Å². The first-order valence-corrected chi connectivity index (χ1v) is 6.84. The number of rotatable bonds is 3. The van der Waals surface area contributed by atoms with Gasteiger partial charge >= 0.3 is 0 Å². The number of benzene rings is 1. The van der Waals surface area contributed by atoms with Crippen LogP contribution in [0.4, 0.5) is 0 Å². The van der Waals surface area contributed by atoms with Crippen LogP contribution in [-0.4, -0.2) is 52.5 Å². The Labute approximate surface area is 117 Å². The lowest BCUT2D eigenvalue weighted by molar-refractivity contribution is 0.0495. The average Bonchev–Trinajstić information content (AvgIpc) is 2.85. The minimum Gasteiger partial charge on any atom is -0.497 e. The first-order chi connectivity index (χ1) is 9.67. The molecule has 0 saturated carbocycles. The summed E-state index contributed by atoms with van der Waals surface area (Å²) in [6, 6.07) is 5.72. The summed E-state index contributed by atoms with van der Waals surface area (Å²) >= 11 is 0. The van der Waals surface area contributed by atoms with E-state index in [4.69, 9.17) is 10.5 Å². The molecule has 0 amide bonds. The highest BCUT2D eigenvalue weighted by Gasteiger charge is 2.25. The number of aromatic nitrogens is 2. The van der Waals surface area contributed by atoms with Crippen LogP contribution >= 0.6 is 0 Å². The molecular formula is C14H20N4O2. The molecule has 0 radical (unpaired) electrons. The predicted octanol–water partition coefficient (Wildman–Crippen LogP) is 0.465. The highest BCUT2D eigenvalue weighted by Crippen LogP contribution is 2.23. The number of aliphatic hydroxyl groups excluding tert-OH is 1. The molecule has 0 aliphatic carbocycles. The molecule has 0 unspecified atom stereocenters. The highest BCUT2D eigenvalue weighted by atomic mass is 16.5. The van der Waals surface area contributed by atoms with E-state index < -0.39 is 6.10 Å². The van der Waals surface area contributed by atoms with Gasteiger partial charge in [0.15, 0.2) is 0 Å². The van der Waals surface area contributed by atoms with Gasteiger partial charge in [0.05, 0.1) is 24.4 Å². The summed E-state index contributed by atoms with van der Waals surface area (Å²) in [7, 11) is 1.66. The van der Waals surface area contributed by atoms with Gasteiger partial charge in [-0.05, 0) is 24.6 Å². The summed E-state index contributed by atoms with van der Waals surface area (Å²) in [6.07, 6.45) is 0.365. The van der Waals surface area contributed by atoms with Crippen molar-refractivity contribution in [2.45, 2.75) is 25.1 Å². The molecule has 3 rings (SSSR count). The van der Waals surface area contributed by atoms with E-state index in [1.807, 2.05) is 18.2 Å². The minimum atomic E-state index is -0.451. The number of β-amino-alcohol motifs (C(OH)–C–C–N with tert-alkyl or cyclic N) is 1. The summed E-state index contributed by atoms with van der Waals surface area (Å²) in [5.41, 5.74) is 7.80. The number of H-pyrrole nitrogens is 1. The number of fused-ring (bicyclic) bond motifs is 1. The molecule has 0 spiro atoms. The number of methoxy groups -OCH3 is 1. The van der Waals surface area contributed by atoms with Crippen molar-refractivity contribution in [3.8, 4) is 5.75 Å². The minimum absolute atomic E-state index is 0.107. The Bertz CT molecular complexity index is 598. The van der Waals surface area contributed by atoms with Crippen molar-refractivity contribution >= 4 is 10.9 Å². The van der Waals surface area contributed by atoms with E-state index in [1.165, 1.54) is 0 Å². The fraction of sp³-hybridized carbons (Fsp3) is 0.500. The van der Waals surface area contributed by atoms with E-state index in [0.29, 0.717) is 6.54 Å². The first-order valence-electron chi connectivity index (χ1n) is 6.84. The van der Waals surface area contributed by atoms with Crippen LogP contribution in [0.2, 0.25) is 0 Å². The number of piperidine rings is 1. The normalized spacial score (nSPS) is 24.1. The molecule has 1 aromatic carbocycles. The SMILES string of the molecule is COc1ccc2n[nH]c(CN3CC[C@@H](N)[C@H](O)C3)c2c1. The molecule has 1 aliphatic heterocycles. The number of hydrogen-bond acceptors (Lipinski definition) is 5. The molecule has 1 aliphatic rings. The van der Waals surface area contributed by atoms with Crippen LogP contribution in [0.5, 0.6) is 5.75 Å². The lowest BCUT2D eigenvalue weighted by Gasteiger charge is -2.33. The maximum absolute atomic E-state index is 9.86. The second-order valence-corrected chi connectivity index (χ2v) is 5.34. The fourth-order valence-electron chi connectivity index (χ4n) is 2.67. The van der Waals surface area contributed by atoms with E-state index >= 15 is 0 Å². The summed E-state index contributed by atoms with van der Waals surface area (Å²) < 4.78 is 5.26. The van der Waals surface area contributed by atoms with Crippen molar-refractivity contribution in [2.75, 3.05) is 20.2 Å². The molecule has 2 aromatic rings. The third kappa shape index (κ3) is 2.49. The van der Waals surface area contributed by atoms with E-state index in [-0.39, 0.29) is 6.04 Å². The zero-order valence-corrected chi connectivity index (χ0v) is 11.5. The average molecular weight is 276 g/mol. The van der Waals surface area contributed by atoms with Crippen LogP contribution in [0.3, 0.4) is 0 Å². The quantitative estimate of drug-likeness (QED) is 0.758. The number of likely N-dealkylation sites (tertiary alicyclic amines) is 1. The van der Waals surface area contributed by atoms with Crippen LogP contribution in [0.15, 0.2) is 18.2 Å². The second kappa shape index (κ2) is 5.40. The lowest BCUT2D eigenvalue weighted by atomic mass is 10.0. The van der Waals surface area contributed by atoms with Gasteiger partial charge < -0.3 is 15.6 Å². The molecule has 1 fully saturated rings.